The summed E-state index contributed by atoms with van der Waals surface area (Å²) in [6.07, 6.45) is -4.59. The molecule has 0 aliphatic carbocycles. The molecule has 0 saturated heterocycles. The first-order valence-corrected chi connectivity index (χ1v) is 6.36. The number of fused-ring (bicyclic) bond motifs is 3. The molecule has 2 radical (unpaired) electrons. The molecule has 8 heteroatoms. The average Bonchev–Trinajstić information content (AvgIpc) is 2.43. The van der Waals surface area contributed by atoms with Crippen LogP contribution in [0.25, 0.3) is 11.3 Å². The Morgan fingerprint density at radius 3 is 2.59 bits per heavy atom. The molecular formula is C14H11BF3N3O. The van der Waals surface area contributed by atoms with Gasteiger partial charge >= 0.3 is 6.18 Å². The fourth-order valence-electron chi connectivity index (χ4n) is 2.60. The van der Waals surface area contributed by atoms with Crippen LogP contribution in [0.3, 0.4) is 0 Å². The van der Waals surface area contributed by atoms with Crippen LogP contribution in [0.4, 0.5) is 24.5 Å². The van der Waals surface area contributed by atoms with E-state index >= 15 is 0 Å². The van der Waals surface area contributed by atoms with E-state index in [0.29, 0.717) is 11.3 Å². The molecule has 1 unspecified atom stereocenters. The van der Waals surface area contributed by atoms with Crippen LogP contribution in [0.1, 0.15) is 11.3 Å². The standard InChI is InChI=1S/C14H11BF3N3O/c1-21-12-7(3-2-4-9(12)19)11-8(13(21,15)22)5-6-10(20-11)14(16,17)18/h2-6,22H,19H2,1H3. The number of nitrogen functional groups attached to an aromatic ring is 1. The summed E-state index contributed by atoms with van der Waals surface area (Å²) in [6, 6.07) is 6.69. The van der Waals surface area contributed by atoms with E-state index in [1.54, 1.807) is 18.2 Å². The van der Waals surface area contributed by atoms with Crippen LogP contribution in [0.2, 0.25) is 0 Å². The number of hydrogen-bond acceptors (Lipinski definition) is 4. The Kier molecular flexibility index (Phi) is 2.94. The van der Waals surface area contributed by atoms with Crippen molar-refractivity contribution in [3.05, 3.63) is 41.6 Å². The molecule has 0 amide bonds. The van der Waals surface area contributed by atoms with Crippen LogP contribution in [-0.2, 0) is 11.8 Å². The number of aromatic nitrogens is 1. The minimum Gasteiger partial charge on any atom is -0.397 e. The van der Waals surface area contributed by atoms with Gasteiger partial charge in [0.2, 0.25) is 0 Å². The van der Waals surface area contributed by atoms with E-state index in [4.69, 9.17) is 13.6 Å². The van der Waals surface area contributed by atoms with Crippen molar-refractivity contribution in [2.75, 3.05) is 17.7 Å². The van der Waals surface area contributed by atoms with E-state index in [2.05, 4.69) is 4.98 Å². The molecule has 1 atom stereocenters. The normalized spacial score (nSPS) is 20.5. The van der Waals surface area contributed by atoms with Crippen LogP contribution >= 0.6 is 0 Å². The zero-order chi connectivity index (χ0) is 16.3. The largest absolute Gasteiger partial charge is 0.433 e. The number of hydrogen-bond donors (Lipinski definition) is 2. The van der Waals surface area contributed by atoms with Crippen molar-refractivity contribution >= 4 is 19.2 Å². The van der Waals surface area contributed by atoms with Gasteiger partial charge in [-0.2, -0.15) is 13.2 Å². The van der Waals surface area contributed by atoms with Gasteiger partial charge in [-0.1, -0.05) is 18.2 Å². The Morgan fingerprint density at radius 2 is 1.95 bits per heavy atom. The van der Waals surface area contributed by atoms with Crippen molar-refractivity contribution in [1.29, 1.82) is 0 Å². The van der Waals surface area contributed by atoms with Crippen molar-refractivity contribution in [2.45, 2.75) is 11.8 Å². The van der Waals surface area contributed by atoms with Crippen LogP contribution in [0, 0.1) is 0 Å². The Bertz CT molecular complexity index is 761. The number of nitrogens with two attached hydrogens (primary N) is 1. The highest BCUT2D eigenvalue weighted by molar-refractivity contribution is 6.18. The van der Waals surface area contributed by atoms with Crippen LogP contribution in [-0.4, -0.2) is 25.0 Å². The Hall–Kier alpha value is -2.22. The first-order valence-electron chi connectivity index (χ1n) is 6.36. The minimum atomic E-state index is -4.59. The fourth-order valence-corrected chi connectivity index (χ4v) is 2.60. The summed E-state index contributed by atoms with van der Waals surface area (Å²) in [4.78, 5) is 4.96. The lowest BCUT2D eigenvalue weighted by Crippen LogP contribution is -2.47. The van der Waals surface area contributed by atoms with E-state index in [1.165, 1.54) is 11.9 Å². The van der Waals surface area contributed by atoms with Gasteiger partial charge in [0, 0.05) is 18.2 Å². The van der Waals surface area contributed by atoms with Gasteiger partial charge in [0.25, 0.3) is 0 Å². The zero-order valence-electron chi connectivity index (χ0n) is 11.5. The number of rotatable bonds is 0. The lowest BCUT2D eigenvalue weighted by atomic mass is 9.76. The van der Waals surface area contributed by atoms with Crippen LogP contribution < -0.4 is 10.6 Å². The maximum Gasteiger partial charge on any atom is 0.433 e. The van der Waals surface area contributed by atoms with Gasteiger partial charge in [-0.25, -0.2) is 4.98 Å². The quantitative estimate of drug-likeness (QED) is 0.578. The molecule has 2 aromatic rings. The molecule has 22 heavy (non-hydrogen) atoms. The molecule has 112 valence electrons. The lowest BCUT2D eigenvalue weighted by molar-refractivity contribution is -0.141. The second kappa shape index (κ2) is 4.39. The number of halogens is 3. The monoisotopic (exact) mass is 305 g/mol. The second-order valence-corrected chi connectivity index (χ2v) is 5.12. The molecule has 0 spiro atoms. The summed E-state index contributed by atoms with van der Waals surface area (Å²) in [5.41, 5.74) is 3.88. The first kappa shape index (κ1) is 14.7. The van der Waals surface area contributed by atoms with E-state index in [0.717, 1.165) is 12.1 Å². The highest BCUT2D eigenvalue weighted by Gasteiger charge is 2.41. The molecule has 0 saturated carbocycles. The van der Waals surface area contributed by atoms with Crippen molar-refractivity contribution < 1.29 is 18.3 Å². The third-order valence-corrected chi connectivity index (χ3v) is 3.75. The molecule has 0 fully saturated rings. The van der Waals surface area contributed by atoms with Gasteiger partial charge < -0.3 is 15.7 Å². The lowest BCUT2D eigenvalue weighted by Gasteiger charge is -2.43. The van der Waals surface area contributed by atoms with E-state index in [1.807, 2.05) is 0 Å². The summed E-state index contributed by atoms with van der Waals surface area (Å²) in [7, 11) is 7.39. The summed E-state index contributed by atoms with van der Waals surface area (Å²) in [6.45, 7) is 0. The fraction of sp³-hybridized carbons (Fsp3) is 0.214. The van der Waals surface area contributed by atoms with Crippen molar-refractivity contribution in [3.63, 3.8) is 0 Å². The van der Waals surface area contributed by atoms with Crippen molar-refractivity contribution in [3.8, 4) is 11.3 Å². The molecule has 3 N–H and O–H groups in total. The van der Waals surface area contributed by atoms with Gasteiger partial charge in [0.1, 0.15) is 11.3 Å². The highest BCUT2D eigenvalue weighted by Crippen LogP contribution is 2.47. The Balaban J connectivity index is 2.35. The summed E-state index contributed by atoms with van der Waals surface area (Å²) in [5, 5.41) is 10.5. The molecule has 4 nitrogen and oxygen atoms in total. The molecule has 1 aromatic carbocycles. The maximum absolute atomic E-state index is 12.9. The number of nitrogens with zero attached hydrogens (tertiary/aromatic N) is 2. The van der Waals surface area contributed by atoms with E-state index in [9.17, 15) is 18.3 Å². The van der Waals surface area contributed by atoms with Crippen LogP contribution in [0.15, 0.2) is 30.3 Å². The third kappa shape index (κ3) is 1.94. The number of para-hydroxylation sites is 1. The number of benzene rings is 1. The predicted octanol–water partition coefficient (Wildman–Crippen LogP) is 2.07. The van der Waals surface area contributed by atoms with Gasteiger partial charge in [0.15, 0.2) is 7.85 Å². The maximum atomic E-state index is 12.9. The minimum absolute atomic E-state index is 0.0276. The van der Waals surface area contributed by atoms with E-state index in [-0.39, 0.29) is 16.9 Å². The van der Waals surface area contributed by atoms with Crippen molar-refractivity contribution in [1.82, 2.24) is 4.98 Å². The third-order valence-electron chi connectivity index (χ3n) is 3.75. The van der Waals surface area contributed by atoms with Gasteiger partial charge in [-0.05, 0) is 12.1 Å². The molecule has 1 aromatic heterocycles. The van der Waals surface area contributed by atoms with Crippen LogP contribution in [0.5, 0.6) is 0 Å². The Labute approximate surface area is 125 Å². The number of alkyl halides is 3. The Morgan fingerprint density at radius 1 is 1.27 bits per heavy atom. The summed E-state index contributed by atoms with van der Waals surface area (Å²) < 4.78 is 38.7. The first-order chi connectivity index (χ1) is 10.1. The number of pyridine rings is 1. The zero-order valence-corrected chi connectivity index (χ0v) is 11.5. The number of aliphatic hydroxyl groups is 1. The summed E-state index contributed by atoms with van der Waals surface area (Å²) in [5.74, 6) is 0. The smallest absolute Gasteiger partial charge is 0.397 e. The molecule has 1 aliphatic heterocycles. The van der Waals surface area contributed by atoms with E-state index < -0.39 is 17.5 Å². The van der Waals surface area contributed by atoms with Gasteiger partial charge in [0.05, 0.1) is 17.1 Å². The van der Waals surface area contributed by atoms with Crippen molar-refractivity contribution in [2.24, 2.45) is 0 Å². The molecule has 1 aliphatic rings. The summed E-state index contributed by atoms with van der Waals surface area (Å²) >= 11 is 0. The highest BCUT2D eigenvalue weighted by atomic mass is 19.4. The second-order valence-electron chi connectivity index (χ2n) is 5.12. The molecule has 2 heterocycles. The SMILES string of the molecule is [B]C1(O)c2ccc(C(F)(F)F)nc2-c2cccc(N)c2N1C. The predicted molar refractivity (Wildman–Crippen MR) is 77.1 cm³/mol. The molecular weight excluding hydrogens is 294 g/mol. The number of anilines is 2. The van der Waals surface area contributed by atoms with Gasteiger partial charge in [-0.15, -0.1) is 0 Å². The molecule has 0 bridgehead atoms. The average molecular weight is 305 g/mol. The van der Waals surface area contributed by atoms with Gasteiger partial charge in [-0.3, -0.25) is 0 Å². The topological polar surface area (TPSA) is 62.4 Å². The molecule has 3 rings (SSSR count).